The van der Waals surface area contributed by atoms with Crippen LogP contribution in [0.2, 0.25) is 0 Å². The van der Waals surface area contributed by atoms with E-state index in [0.717, 1.165) is 17.7 Å². The number of nitrogens with zero attached hydrogens (tertiary/aromatic N) is 1. The van der Waals surface area contributed by atoms with E-state index in [1.165, 1.54) is 35.3 Å². The lowest BCUT2D eigenvalue weighted by atomic mass is 10.1. The summed E-state index contributed by atoms with van der Waals surface area (Å²) in [5.41, 5.74) is 10.4. The topological polar surface area (TPSA) is 68.0 Å². The molecule has 5 heteroatoms. The van der Waals surface area contributed by atoms with Gasteiger partial charge < -0.3 is 11.1 Å². The zero-order valence-corrected chi connectivity index (χ0v) is 12.2. The van der Waals surface area contributed by atoms with Crippen LogP contribution in [-0.2, 0) is 17.6 Å². The van der Waals surface area contributed by atoms with Gasteiger partial charge in [0.2, 0.25) is 5.91 Å². The predicted molar refractivity (Wildman–Crippen MR) is 81.9 cm³/mol. The van der Waals surface area contributed by atoms with Crippen LogP contribution in [0.5, 0.6) is 0 Å². The molecule has 104 valence electrons. The summed E-state index contributed by atoms with van der Waals surface area (Å²) in [6, 6.07) is 5.99. The Balaban J connectivity index is 1.81. The first-order chi connectivity index (χ1) is 9.63. The minimum atomic E-state index is -0.526. The molecule has 1 amide bonds. The zero-order valence-electron chi connectivity index (χ0n) is 11.3. The Morgan fingerprint density at radius 1 is 1.40 bits per heavy atom. The molecule has 0 fully saturated rings. The van der Waals surface area contributed by atoms with E-state index in [9.17, 15) is 4.79 Å². The second-order valence-electron chi connectivity index (χ2n) is 5.15. The Bertz CT molecular complexity index is 648. The fraction of sp³-hybridized carbons (Fsp3) is 0.333. The maximum atomic E-state index is 11.5. The molecule has 3 N–H and O–H groups in total. The van der Waals surface area contributed by atoms with Crippen molar-refractivity contribution in [2.75, 3.05) is 5.32 Å². The number of hydrogen-bond acceptors (Lipinski definition) is 4. The molecule has 0 saturated carbocycles. The summed E-state index contributed by atoms with van der Waals surface area (Å²) in [6.45, 7) is 1.66. The smallest absolute Gasteiger partial charge is 0.242 e. The van der Waals surface area contributed by atoms with Gasteiger partial charge in [0.25, 0.3) is 0 Å². The molecule has 0 bridgehead atoms. The van der Waals surface area contributed by atoms with Gasteiger partial charge in [-0.05, 0) is 43.4 Å². The normalized spacial score (nSPS) is 14.9. The fourth-order valence-electron chi connectivity index (χ4n) is 2.41. The number of rotatable bonds is 3. The van der Waals surface area contributed by atoms with Gasteiger partial charge in [-0.1, -0.05) is 12.1 Å². The molecule has 20 heavy (non-hydrogen) atoms. The maximum absolute atomic E-state index is 11.5. The van der Waals surface area contributed by atoms with Gasteiger partial charge in [0.05, 0.1) is 11.7 Å². The van der Waals surface area contributed by atoms with Gasteiger partial charge in [-0.2, -0.15) is 0 Å². The third kappa shape index (κ3) is 2.59. The van der Waals surface area contributed by atoms with E-state index in [4.69, 9.17) is 5.73 Å². The highest BCUT2D eigenvalue weighted by atomic mass is 32.1. The fourth-order valence-corrected chi connectivity index (χ4v) is 3.14. The number of carbonyl (C=O) groups is 1. The lowest BCUT2D eigenvalue weighted by Crippen LogP contribution is -2.32. The predicted octanol–water partition coefficient (Wildman–Crippen LogP) is 2.58. The van der Waals surface area contributed by atoms with Gasteiger partial charge in [0.1, 0.15) is 0 Å². The van der Waals surface area contributed by atoms with Crippen molar-refractivity contribution in [1.82, 2.24) is 4.98 Å². The van der Waals surface area contributed by atoms with E-state index in [1.54, 1.807) is 6.92 Å². The quantitative estimate of drug-likeness (QED) is 0.911. The first-order valence-corrected chi connectivity index (χ1v) is 7.65. The molecule has 0 saturated heterocycles. The second-order valence-corrected chi connectivity index (χ2v) is 6.01. The number of anilines is 1. The molecule has 3 rings (SSSR count). The number of nitrogens with one attached hydrogen (secondary N) is 1. The van der Waals surface area contributed by atoms with E-state index in [-0.39, 0.29) is 5.91 Å². The first kappa shape index (κ1) is 13.3. The summed E-state index contributed by atoms with van der Waals surface area (Å²) in [6.07, 6.45) is 3.58. The lowest BCUT2D eigenvalue weighted by Gasteiger charge is -2.04. The summed E-state index contributed by atoms with van der Waals surface area (Å²) in [5, 5.41) is 5.29. The third-order valence-corrected chi connectivity index (χ3v) is 4.30. The van der Waals surface area contributed by atoms with E-state index in [1.807, 2.05) is 5.38 Å². The van der Waals surface area contributed by atoms with Crippen molar-refractivity contribution < 1.29 is 4.79 Å². The van der Waals surface area contributed by atoms with E-state index in [0.29, 0.717) is 5.13 Å². The number of nitrogens with two attached hydrogens (primary N) is 1. The molecule has 1 aromatic carbocycles. The summed E-state index contributed by atoms with van der Waals surface area (Å²) in [7, 11) is 0. The van der Waals surface area contributed by atoms with Gasteiger partial charge in [-0.25, -0.2) is 4.98 Å². The molecule has 0 aliphatic heterocycles. The van der Waals surface area contributed by atoms with E-state index < -0.39 is 6.04 Å². The summed E-state index contributed by atoms with van der Waals surface area (Å²) in [4.78, 5) is 16.0. The van der Waals surface area contributed by atoms with Crippen molar-refractivity contribution in [2.45, 2.75) is 32.2 Å². The van der Waals surface area contributed by atoms with Crippen molar-refractivity contribution in [1.29, 1.82) is 0 Å². The Hall–Kier alpha value is -1.72. The van der Waals surface area contributed by atoms with Crippen molar-refractivity contribution in [3.8, 4) is 11.3 Å². The largest absolute Gasteiger partial charge is 0.320 e. The highest BCUT2D eigenvalue weighted by molar-refractivity contribution is 7.14. The molecular formula is C15H17N3OS. The van der Waals surface area contributed by atoms with Crippen molar-refractivity contribution in [2.24, 2.45) is 5.73 Å². The highest BCUT2D eigenvalue weighted by Gasteiger charge is 2.14. The van der Waals surface area contributed by atoms with Crippen LogP contribution in [0.1, 0.15) is 24.5 Å². The molecule has 2 aromatic rings. The SMILES string of the molecule is CC(N)C(=O)Nc1nc(-c2ccc3c(c2)CCC3)cs1. The van der Waals surface area contributed by atoms with Gasteiger partial charge in [0, 0.05) is 10.9 Å². The number of aryl methyl sites for hydroxylation is 2. The van der Waals surface area contributed by atoms with Crippen LogP contribution in [0.4, 0.5) is 5.13 Å². The van der Waals surface area contributed by atoms with Crippen LogP contribution in [0.3, 0.4) is 0 Å². The lowest BCUT2D eigenvalue weighted by molar-refractivity contribution is -0.117. The number of thiazole rings is 1. The Morgan fingerprint density at radius 3 is 3.00 bits per heavy atom. The number of carbonyl (C=O) groups excluding carboxylic acids is 1. The Kier molecular flexibility index (Phi) is 3.54. The van der Waals surface area contributed by atoms with Gasteiger partial charge in [-0.3, -0.25) is 4.79 Å². The number of benzene rings is 1. The molecule has 4 nitrogen and oxygen atoms in total. The van der Waals surface area contributed by atoms with E-state index in [2.05, 4.69) is 28.5 Å². The number of amides is 1. The first-order valence-electron chi connectivity index (χ1n) is 6.77. The van der Waals surface area contributed by atoms with Crippen LogP contribution in [-0.4, -0.2) is 16.9 Å². The number of aromatic nitrogens is 1. The van der Waals surface area contributed by atoms with Crippen LogP contribution >= 0.6 is 11.3 Å². The van der Waals surface area contributed by atoms with Crippen LogP contribution < -0.4 is 11.1 Å². The molecule has 0 spiro atoms. The third-order valence-electron chi connectivity index (χ3n) is 3.54. The molecule has 1 aliphatic rings. The number of hydrogen-bond donors (Lipinski definition) is 2. The Morgan fingerprint density at radius 2 is 2.20 bits per heavy atom. The molecular weight excluding hydrogens is 270 g/mol. The Labute approximate surface area is 122 Å². The van der Waals surface area contributed by atoms with Crippen molar-refractivity contribution in [3.05, 3.63) is 34.7 Å². The summed E-state index contributed by atoms with van der Waals surface area (Å²) < 4.78 is 0. The highest BCUT2D eigenvalue weighted by Crippen LogP contribution is 2.30. The molecule has 1 aliphatic carbocycles. The van der Waals surface area contributed by atoms with Crippen molar-refractivity contribution >= 4 is 22.4 Å². The van der Waals surface area contributed by atoms with E-state index >= 15 is 0 Å². The van der Waals surface area contributed by atoms with Crippen LogP contribution in [0.15, 0.2) is 23.6 Å². The summed E-state index contributed by atoms with van der Waals surface area (Å²) in [5.74, 6) is -0.208. The summed E-state index contributed by atoms with van der Waals surface area (Å²) >= 11 is 1.42. The average Bonchev–Trinajstić information content (AvgIpc) is 3.05. The molecule has 1 heterocycles. The van der Waals surface area contributed by atoms with Crippen LogP contribution in [0.25, 0.3) is 11.3 Å². The molecule has 1 unspecified atom stereocenters. The second kappa shape index (κ2) is 5.34. The van der Waals surface area contributed by atoms with Gasteiger partial charge >= 0.3 is 0 Å². The maximum Gasteiger partial charge on any atom is 0.242 e. The minimum Gasteiger partial charge on any atom is -0.320 e. The number of fused-ring (bicyclic) bond motifs is 1. The molecule has 0 radical (unpaired) electrons. The monoisotopic (exact) mass is 287 g/mol. The zero-order chi connectivity index (χ0) is 14.1. The standard InChI is InChI=1S/C15H17N3OS/c1-9(16)14(19)18-15-17-13(8-20-15)12-6-5-10-3-2-4-11(10)7-12/h5-9H,2-4,16H2,1H3,(H,17,18,19). The van der Waals surface area contributed by atoms with Crippen molar-refractivity contribution in [3.63, 3.8) is 0 Å². The van der Waals surface area contributed by atoms with Crippen LogP contribution in [0, 0.1) is 0 Å². The van der Waals surface area contributed by atoms with Gasteiger partial charge in [-0.15, -0.1) is 11.3 Å². The van der Waals surface area contributed by atoms with Gasteiger partial charge in [0.15, 0.2) is 5.13 Å². The molecule has 1 atom stereocenters. The minimum absolute atomic E-state index is 0.208. The molecule has 1 aromatic heterocycles. The average molecular weight is 287 g/mol.